The number of halogens is 1. The third kappa shape index (κ3) is 3.29. The first kappa shape index (κ1) is 10.9. The Morgan fingerprint density at radius 2 is 2.29 bits per heavy atom. The molecule has 0 radical (unpaired) electrons. The van der Waals surface area contributed by atoms with Gasteiger partial charge in [-0.2, -0.15) is 8.42 Å². The van der Waals surface area contributed by atoms with Crippen molar-refractivity contribution in [3.8, 4) is 5.75 Å². The fourth-order valence-corrected chi connectivity index (χ4v) is 1.45. The average Bonchev–Trinajstić information content (AvgIpc) is 2.14. The van der Waals surface area contributed by atoms with E-state index < -0.39 is 16.0 Å². The molecule has 0 N–H and O–H groups in total. The molecule has 0 bridgehead atoms. The standard InChI is InChI=1S/C8H10FNO3S/c1-13-8-3-2-5-10-7(8)4-6-14(9,11)12/h2-3,5H,4,6H2,1H3. The summed E-state index contributed by atoms with van der Waals surface area (Å²) in [5.74, 6) is -0.100. The summed E-state index contributed by atoms with van der Waals surface area (Å²) in [6.45, 7) is 0. The summed E-state index contributed by atoms with van der Waals surface area (Å²) in [5, 5.41) is 0. The molecule has 14 heavy (non-hydrogen) atoms. The van der Waals surface area contributed by atoms with Crippen molar-refractivity contribution in [2.45, 2.75) is 6.42 Å². The van der Waals surface area contributed by atoms with Crippen LogP contribution in [0, 0.1) is 0 Å². The first-order valence-electron chi connectivity index (χ1n) is 3.93. The Bertz CT molecular complexity index is 405. The minimum absolute atomic E-state index is 0.0167. The van der Waals surface area contributed by atoms with E-state index in [2.05, 4.69) is 4.98 Å². The first-order chi connectivity index (χ1) is 6.53. The number of aromatic nitrogens is 1. The van der Waals surface area contributed by atoms with Crippen molar-refractivity contribution in [3.05, 3.63) is 24.0 Å². The van der Waals surface area contributed by atoms with Gasteiger partial charge < -0.3 is 4.74 Å². The number of nitrogens with zero attached hydrogens (tertiary/aromatic N) is 1. The van der Waals surface area contributed by atoms with Crippen molar-refractivity contribution < 1.29 is 17.0 Å². The van der Waals surface area contributed by atoms with Gasteiger partial charge in [-0.05, 0) is 12.1 Å². The molecule has 1 rings (SSSR count). The van der Waals surface area contributed by atoms with Gasteiger partial charge >= 0.3 is 10.2 Å². The average molecular weight is 219 g/mol. The maximum atomic E-state index is 12.2. The fourth-order valence-electron chi connectivity index (χ4n) is 1.02. The summed E-state index contributed by atoms with van der Waals surface area (Å²) in [6, 6.07) is 3.31. The Labute approximate surface area is 81.9 Å². The third-order valence-electron chi connectivity index (χ3n) is 1.65. The monoisotopic (exact) mass is 219 g/mol. The van der Waals surface area contributed by atoms with Crippen molar-refractivity contribution in [1.29, 1.82) is 0 Å². The number of methoxy groups -OCH3 is 1. The lowest BCUT2D eigenvalue weighted by molar-refractivity contribution is 0.407. The number of hydrogen-bond donors (Lipinski definition) is 0. The van der Waals surface area contributed by atoms with Crippen molar-refractivity contribution in [2.75, 3.05) is 12.9 Å². The van der Waals surface area contributed by atoms with Gasteiger partial charge in [0.25, 0.3) is 0 Å². The van der Waals surface area contributed by atoms with E-state index in [1.165, 1.54) is 13.3 Å². The second kappa shape index (κ2) is 4.36. The zero-order chi connectivity index (χ0) is 10.6. The normalized spacial score (nSPS) is 11.3. The maximum Gasteiger partial charge on any atom is 0.302 e. The van der Waals surface area contributed by atoms with E-state index in [4.69, 9.17) is 4.74 Å². The van der Waals surface area contributed by atoms with Crippen LogP contribution >= 0.6 is 0 Å². The van der Waals surface area contributed by atoms with E-state index in [0.717, 1.165) is 0 Å². The molecule has 0 aliphatic rings. The smallest absolute Gasteiger partial charge is 0.302 e. The largest absolute Gasteiger partial charge is 0.495 e. The van der Waals surface area contributed by atoms with Crippen LogP contribution in [0.2, 0.25) is 0 Å². The van der Waals surface area contributed by atoms with Gasteiger partial charge in [-0.1, -0.05) is 0 Å². The van der Waals surface area contributed by atoms with E-state index in [-0.39, 0.29) is 6.42 Å². The lowest BCUT2D eigenvalue weighted by Crippen LogP contribution is -2.05. The van der Waals surface area contributed by atoms with Crippen molar-refractivity contribution >= 4 is 10.2 Å². The van der Waals surface area contributed by atoms with Crippen LogP contribution in [0.5, 0.6) is 5.75 Å². The number of rotatable bonds is 4. The Kier molecular flexibility index (Phi) is 3.40. The van der Waals surface area contributed by atoms with E-state index in [1.807, 2.05) is 0 Å². The van der Waals surface area contributed by atoms with Crippen LogP contribution in [0.3, 0.4) is 0 Å². The van der Waals surface area contributed by atoms with Gasteiger partial charge in [-0.15, -0.1) is 3.89 Å². The van der Waals surface area contributed by atoms with Crippen molar-refractivity contribution in [3.63, 3.8) is 0 Å². The zero-order valence-corrected chi connectivity index (χ0v) is 8.42. The second-order valence-corrected chi connectivity index (χ2v) is 4.13. The molecule has 0 aliphatic heterocycles. The minimum atomic E-state index is -4.44. The SMILES string of the molecule is COc1cccnc1CCS(=O)(=O)F. The van der Waals surface area contributed by atoms with Crippen molar-refractivity contribution in [2.24, 2.45) is 0 Å². The van der Waals surface area contributed by atoms with E-state index in [0.29, 0.717) is 11.4 Å². The second-order valence-electron chi connectivity index (χ2n) is 2.65. The molecule has 0 saturated carbocycles. The quantitative estimate of drug-likeness (QED) is 0.707. The number of aryl methyl sites for hydroxylation is 1. The van der Waals surface area contributed by atoms with E-state index in [1.54, 1.807) is 12.1 Å². The summed E-state index contributed by atoms with van der Waals surface area (Å²) in [4.78, 5) is 3.90. The predicted octanol–water partition coefficient (Wildman–Crippen LogP) is 0.932. The molecule has 78 valence electrons. The molecule has 0 spiro atoms. The Morgan fingerprint density at radius 1 is 1.57 bits per heavy atom. The van der Waals surface area contributed by atoms with Gasteiger partial charge in [0.1, 0.15) is 5.75 Å². The van der Waals surface area contributed by atoms with Gasteiger partial charge in [0.15, 0.2) is 0 Å². The molecule has 0 amide bonds. The summed E-state index contributed by atoms with van der Waals surface area (Å²) in [7, 11) is -2.99. The van der Waals surface area contributed by atoms with Crippen LogP contribution in [0.15, 0.2) is 18.3 Å². The van der Waals surface area contributed by atoms with Crippen LogP contribution in [0.4, 0.5) is 3.89 Å². The third-order valence-corrected chi connectivity index (χ3v) is 2.34. The van der Waals surface area contributed by atoms with Crippen molar-refractivity contribution in [1.82, 2.24) is 4.98 Å². The molecular formula is C8H10FNO3S. The Balaban J connectivity index is 2.76. The molecule has 4 nitrogen and oxygen atoms in total. The summed E-state index contributed by atoms with van der Waals surface area (Å²) in [5.41, 5.74) is 0.441. The van der Waals surface area contributed by atoms with Gasteiger partial charge in [0, 0.05) is 12.6 Å². The molecule has 0 atom stereocenters. The molecule has 0 aliphatic carbocycles. The highest BCUT2D eigenvalue weighted by Crippen LogP contribution is 2.15. The highest BCUT2D eigenvalue weighted by molar-refractivity contribution is 7.86. The Morgan fingerprint density at radius 3 is 2.86 bits per heavy atom. The molecule has 0 unspecified atom stereocenters. The number of pyridine rings is 1. The Hall–Kier alpha value is -1.17. The highest BCUT2D eigenvalue weighted by atomic mass is 32.3. The highest BCUT2D eigenvalue weighted by Gasteiger charge is 2.10. The molecule has 1 aromatic heterocycles. The molecule has 1 aromatic rings. The van der Waals surface area contributed by atoms with Gasteiger partial charge in [-0.25, -0.2) is 0 Å². The van der Waals surface area contributed by atoms with Gasteiger partial charge in [0.05, 0.1) is 18.6 Å². The molecule has 0 aromatic carbocycles. The predicted molar refractivity (Wildman–Crippen MR) is 49.4 cm³/mol. The molecule has 0 saturated heterocycles. The van der Waals surface area contributed by atoms with Crippen LogP contribution < -0.4 is 4.74 Å². The van der Waals surface area contributed by atoms with Crippen LogP contribution in [-0.4, -0.2) is 26.3 Å². The van der Waals surface area contributed by atoms with E-state index in [9.17, 15) is 12.3 Å². The van der Waals surface area contributed by atoms with Crippen LogP contribution in [-0.2, 0) is 16.6 Å². The lowest BCUT2D eigenvalue weighted by atomic mass is 10.3. The summed E-state index contributed by atoms with van der Waals surface area (Å²) in [6.07, 6.45) is 1.52. The number of hydrogen-bond acceptors (Lipinski definition) is 4. The van der Waals surface area contributed by atoms with Crippen LogP contribution in [0.1, 0.15) is 5.69 Å². The minimum Gasteiger partial charge on any atom is -0.495 e. The van der Waals surface area contributed by atoms with Crippen LogP contribution in [0.25, 0.3) is 0 Å². The maximum absolute atomic E-state index is 12.2. The summed E-state index contributed by atoms with van der Waals surface area (Å²) < 4.78 is 37.7. The first-order valence-corrected chi connectivity index (χ1v) is 5.48. The fraction of sp³-hybridized carbons (Fsp3) is 0.375. The number of ether oxygens (including phenoxy) is 1. The molecule has 0 fully saturated rings. The topological polar surface area (TPSA) is 56.3 Å². The van der Waals surface area contributed by atoms with E-state index >= 15 is 0 Å². The zero-order valence-electron chi connectivity index (χ0n) is 7.60. The summed E-state index contributed by atoms with van der Waals surface area (Å²) >= 11 is 0. The molecule has 1 heterocycles. The lowest BCUT2D eigenvalue weighted by Gasteiger charge is -2.04. The molecule has 6 heteroatoms. The molecular weight excluding hydrogens is 209 g/mol. The van der Waals surface area contributed by atoms with Gasteiger partial charge in [-0.3, -0.25) is 4.98 Å². The van der Waals surface area contributed by atoms with Gasteiger partial charge in [0.2, 0.25) is 0 Å².